The van der Waals surface area contributed by atoms with Crippen molar-refractivity contribution in [1.29, 1.82) is 0 Å². The molecule has 18 heavy (non-hydrogen) atoms. The third-order valence-electron chi connectivity index (χ3n) is 1.98. The molecule has 0 aliphatic heterocycles. The maximum absolute atomic E-state index is 13.1. The van der Waals surface area contributed by atoms with Crippen LogP contribution in [0.2, 0.25) is 0 Å². The van der Waals surface area contributed by atoms with Crippen LogP contribution in [0, 0.1) is 11.6 Å². The van der Waals surface area contributed by atoms with Gasteiger partial charge in [0.2, 0.25) is 0 Å². The van der Waals surface area contributed by atoms with E-state index in [1.807, 2.05) is 0 Å². The van der Waals surface area contributed by atoms with Crippen LogP contribution >= 0.6 is 0 Å². The van der Waals surface area contributed by atoms with Gasteiger partial charge in [-0.25, -0.2) is 8.78 Å². The lowest BCUT2D eigenvalue weighted by atomic mass is 10.3. The van der Waals surface area contributed by atoms with Gasteiger partial charge in [-0.1, -0.05) is 0 Å². The predicted molar refractivity (Wildman–Crippen MR) is 56.3 cm³/mol. The molecule has 102 valence electrons. The Morgan fingerprint density at radius 1 is 1.17 bits per heavy atom. The van der Waals surface area contributed by atoms with E-state index in [1.165, 1.54) is 0 Å². The van der Waals surface area contributed by atoms with Gasteiger partial charge in [0.1, 0.15) is 18.2 Å². The van der Waals surface area contributed by atoms with Crippen molar-refractivity contribution in [2.75, 3.05) is 25.1 Å². The fourth-order valence-corrected chi connectivity index (χ4v) is 1.22. The van der Waals surface area contributed by atoms with Crippen molar-refractivity contribution in [3.05, 3.63) is 29.8 Å². The number of anilines is 1. The van der Waals surface area contributed by atoms with Gasteiger partial charge in [0, 0.05) is 13.2 Å². The number of nitrogens with one attached hydrogen (secondary N) is 1. The van der Waals surface area contributed by atoms with Crippen LogP contribution in [0.1, 0.15) is 6.42 Å². The second-order valence-corrected chi connectivity index (χ2v) is 3.57. The first-order valence-electron chi connectivity index (χ1n) is 5.22. The molecule has 2 nitrogen and oxygen atoms in total. The molecule has 0 aliphatic rings. The molecule has 0 saturated heterocycles. The monoisotopic (exact) mass is 269 g/mol. The molecule has 0 saturated carbocycles. The van der Waals surface area contributed by atoms with Crippen molar-refractivity contribution in [3.8, 4) is 0 Å². The van der Waals surface area contributed by atoms with E-state index in [9.17, 15) is 22.0 Å². The minimum Gasteiger partial charge on any atom is -0.383 e. The fraction of sp³-hybridized carbons (Fsp3) is 0.455. The van der Waals surface area contributed by atoms with Gasteiger partial charge in [-0.15, -0.1) is 0 Å². The van der Waals surface area contributed by atoms with Gasteiger partial charge in [0.15, 0.2) is 0 Å². The number of alkyl halides is 3. The zero-order valence-electron chi connectivity index (χ0n) is 9.36. The molecular weight excluding hydrogens is 257 g/mol. The van der Waals surface area contributed by atoms with Crippen LogP contribution in [0.15, 0.2) is 18.2 Å². The van der Waals surface area contributed by atoms with E-state index >= 15 is 0 Å². The van der Waals surface area contributed by atoms with Crippen molar-refractivity contribution in [3.63, 3.8) is 0 Å². The standard InChI is InChI=1S/C11H12F5NO/c12-8-2-3-9(13)10(6-8)17-4-1-5-18-7-11(14,15)16/h2-3,6,17H,1,4-5,7H2. The Balaban J connectivity index is 2.20. The number of hydrogen-bond acceptors (Lipinski definition) is 2. The van der Waals surface area contributed by atoms with E-state index in [0.717, 1.165) is 18.2 Å². The second kappa shape index (κ2) is 6.53. The summed E-state index contributed by atoms with van der Waals surface area (Å²) in [5, 5.41) is 2.58. The lowest BCUT2D eigenvalue weighted by molar-refractivity contribution is -0.173. The molecule has 1 rings (SSSR count). The Hall–Kier alpha value is -1.37. The van der Waals surface area contributed by atoms with Gasteiger partial charge < -0.3 is 10.1 Å². The molecule has 1 aromatic carbocycles. The molecule has 1 aromatic rings. The molecule has 0 aliphatic carbocycles. The van der Waals surface area contributed by atoms with E-state index in [4.69, 9.17) is 0 Å². The van der Waals surface area contributed by atoms with Crippen LogP contribution in [-0.2, 0) is 4.74 Å². The zero-order valence-corrected chi connectivity index (χ0v) is 9.36. The lowest BCUT2D eigenvalue weighted by Gasteiger charge is -2.09. The number of halogens is 5. The highest BCUT2D eigenvalue weighted by Crippen LogP contribution is 2.16. The minimum atomic E-state index is -4.35. The summed E-state index contributed by atoms with van der Waals surface area (Å²) < 4.78 is 65.3. The maximum Gasteiger partial charge on any atom is 0.411 e. The van der Waals surface area contributed by atoms with Crippen LogP contribution in [0.4, 0.5) is 27.6 Å². The highest BCUT2D eigenvalue weighted by molar-refractivity contribution is 5.44. The van der Waals surface area contributed by atoms with Crippen molar-refractivity contribution in [2.45, 2.75) is 12.6 Å². The minimum absolute atomic E-state index is 0.0224. The highest BCUT2D eigenvalue weighted by Gasteiger charge is 2.27. The van der Waals surface area contributed by atoms with Crippen LogP contribution in [0.25, 0.3) is 0 Å². The molecule has 0 amide bonds. The van der Waals surface area contributed by atoms with Crippen molar-refractivity contribution in [2.24, 2.45) is 0 Å². The van der Waals surface area contributed by atoms with Crippen molar-refractivity contribution >= 4 is 5.69 Å². The second-order valence-electron chi connectivity index (χ2n) is 3.57. The van der Waals surface area contributed by atoms with Crippen LogP contribution in [0.3, 0.4) is 0 Å². The molecule has 0 heterocycles. The number of ether oxygens (including phenoxy) is 1. The van der Waals surface area contributed by atoms with Gasteiger partial charge >= 0.3 is 6.18 Å². The summed E-state index contributed by atoms with van der Waals surface area (Å²) in [7, 11) is 0. The van der Waals surface area contributed by atoms with Gasteiger partial charge in [-0.2, -0.15) is 13.2 Å². The topological polar surface area (TPSA) is 21.3 Å². The van der Waals surface area contributed by atoms with E-state index < -0.39 is 24.4 Å². The Labute approximate surface area is 101 Å². The molecule has 0 unspecified atom stereocenters. The van der Waals surface area contributed by atoms with Gasteiger partial charge in [0.05, 0.1) is 5.69 Å². The van der Waals surface area contributed by atoms with Crippen LogP contribution in [0.5, 0.6) is 0 Å². The third kappa shape index (κ3) is 5.81. The molecule has 0 aromatic heterocycles. The van der Waals surface area contributed by atoms with Crippen LogP contribution in [-0.4, -0.2) is 25.9 Å². The molecule has 0 atom stereocenters. The molecule has 0 radical (unpaired) electrons. The summed E-state index contributed by atoms with van der Waals surface area (Å²) in [6, 6.07) is 2.93. The van der Waals surface area contributed by atoms with Crippen LogP contribution < -0.4 is 5.32 Å². The number of benzene rings is 1. The summed E-state index contributed by atoms with van der Waals surface area (Å²) in [5.74, 6) is -1.21. The van der Waals surface area contributed by atoms with Crippen molar-refractivity contribution < 1.29 is 26.7 Å². The zero-order chi connectivity index (χ0) is 13.6. The summed E-state index contributed by atoms with van der Waals surface area (Å²) >= 11 is 0. The molecule has 7 heteroatoms. The normalized spacial score (nSPS) is 11.6. The smallest absolute Gasteiger partial charge is 0.383 e. The fourth-order valence-electron chi connectivity index (χ4n) is 1.22. The molecule has 1 N–H and O–H groups in total. The summed E-state index contributed by atoms with van der Waals surface area (Å²) in [6.45, 7) is -1.22. The quantitative estimate of drug-likeness (QED) is 0.631. The first-order valence-corrected chi connectivity index (χ1v) is 5.22. The lowest BCUT2D eigenvalue weighted by Crippen LogP contribution is -2.18. The summed E-state index contributed by atoms with van der Waals surface area (Å²) in [4.78, 5) is 0. The summed E-state index contributed by atoms with van der Waals surface area (Å²) in [6.07, 6.45) is -4.09. The average molecular weight is 269 g/mol. The molecule has 0 spiro atoms. The van der Waals surface area contributed by atoms with Crippen molar-refractivity contribution in [1.82, 2.24) is 0 Å². The number of hydrogen-bond donors (Lipinski definition) is 1. The summed E-state index contributed by atoms with van der Waals surface area (Å²) in [5.41, 5.74) is -0.0224. The molecule has 0 fully saturated rings. The van der Waals surface area contributed by atoms with E-state index in [-0.39, 0.29) is 25.3 Å². The molecular formula is C11H12F5NO. The Kier molecular flexibility index (Phi) is 5.33. The maximum atomic E-state index is 13.1. The Bertz CT molecular complexity index is 380. The first kappa shape index (κ1) is 14.7. The van der Waals surface area contributed by atoms with E-state index in [1.54, 1.807) is 0 Å². The average Bonchev–Trinajstić information content (AvgIpc) is 2.26. The SMILES string of the molecule is Fc1ccc(F)c(NCCCOCC(F)(F)F)c1. The predicted octanol–water partition coefficient (Wildman–Crippen LogP) is 3.35. The van der Waals surface area contributed by atoms with Gasteiger partial charge in [0.25, 0.3) is 0 Å². The highest BCUT2D eigenvalue weighted by atomic mass is 19.4. The Morgan fingerprint density at radius 3 is 2.56 bits per heavy atom. The van der Waals surface area contributed by atoms with E-state index in [0.29, 0.717) is 0 Å². The van der Waals surface area contributed by atoms with E-state index in [2.05, 4.69) is 10.1 Å². The largest absolute Gasteiger partial charge is 0.411 e. The molecule has 0 bridgehead atoms. The van der Waals surface area contributed by atoms with Gasteiger partial charge in [-0.3, -0.25) is 0 Å². The third-order valence-corrected chi connectivity index (χ3v) is 1.98. The first-order chi connectivity index (χ1) is 8.38. The Morgan fingerprint density at radius 2 is 1.89 bits per heavy atom. The number of rotatable bonds is 6. The van der Waals surface area contributed by atoms with Gasteiger partial charge in [-0.05, 0) is 24.6 Å².